The van der Waals surface area contributed by atoms with E-state index in [1.807, 2.05) is 0 Å². The summed E-state index contributed by atoms with van der Waals surface area (Å²) in [5.41, 5.74) is 0. The molecule has 0 radical (unpaired) electrons. The third-order valence-corrected chi connectivity index (χ3v) is 11.1. The van der Waals surface area contributed by atoms with Crippen molar-refractivity contribution in [3.8, 4) is 0 Å². The van der Waals surface area contributed by atoms with Crippen LogP contribution in [0, 0.1) is 5.92 Å². The van der Waals surface area contributed by atoms with Crippen LogP contribution in [0.25, 0.3) is 0 Å². The van der Waals surface area contributed by atoms with Gasteiger partial charge in [0, 0.05) is 19.8 Å². The molecule has 0 saturated carbocycles. The maximum absolute atomic E-state index is 6.19. The van der Waals surface area contributed by atoms with Crippen LogP contribution in [0.1, 0.15) is 125 Å². The Kier molecular flexibility index (Phi) is 17.9. The van der Waals surface area contributed by atoms with Gasteiger partial charge in [0.1, 0.15) is 0 Å². The quantitative estimate of drug-likeness (QED) is 0.142. The topological polar surface area (TPSA) is 18.5 Å². The summed E-state index contributed by atoms with van der Waals surface area (Å²) in [7, 11) is -1.58. The summed E-state index contributed by atoms with van der Waals surface area (Å²) < 4.78 is 12.0. The van der Waals surface area contributed by atoms with Crippen LogP contribution in [0.2, 0.25) is 18.1 Å². The van der Waals surface area contributed by atoms with Crippen LogP contribution in [0.3, 0.4) is 0 Å². The van der Waals surface area contributed by atoms with Crippen LogP contribution in [-0.2, 0) is 9.16 Å². The predicted molar refractivity (Wildman–Crippen MR) is 133 cm³/mol. The molecule has 0 saturated heterocycles. The van der Waals surface area contributed by atoms with Crippen molar-refractivity contribution in [1.82, 2.24) is 0 Å². The molecule has 0 aromatic rings. The largest absolute Gasteiger partial charge is 0.417 e. The third kappa shape index (κ3) is 18.6. The fraction of sp³-hybridized carbons (Fsp3) is 1.00. The van der Waals surface area contributed by atoms with Crippen LogP contribution >= 0.6 is 0 Å². The second-order valence-corrected chi connectivity index (χ2v) is 15.8. The van der Waals surface area contributed by atoms with Gasteiger partial charge in [-0.2, -0.15) is 0 Å². The van der Waals surface area contributed by atoms with Crippen LogP contribution < -0.4 is 0 Å². The zero-order valence-electron chi connectivity index (χ0n) is 21.4. The minimum atomic E-state index is -1.58. The van der Waals surface area contributed by atoms with Gasteiger partial charge in [-0.3, -0.25) is 0 Å². The monoisotopic (exact) mass is 428 g/mol. The number of unbranched alkanes of at least 4 members (excludes halogenated alkanes) is 11. The zero-order chi connectivity index (χ0) is 22.0. The molecule has 0 fully saturated rings. The molecule has 0 rings (SSSR count). The summed E-state index contributed by atoms with van der Waals surface area (Å²) in [5, 5.41) is 0.307. The van der Waals surface area contributed by atoms with E-state index >= 15 is 0 Å². The first kappa shape index (κ1) is 29.1. The van der Waals surface area contributed by atoms with Crippen molar-refractivity contribution >= 4 is 8.32 Å². The molecule has 0 aliphatic carbocycles. The number of rotatable bonds is 20. The van der Waals surface area contributed by atoms with E-state index in [4.69, 9.17) is 9.16 Å². The van der Waals surface area contributed by atoms with Gasteiger partial charge >= 0.3 is 0 Å². The van der Waals surface area contributed by atoms with Crippen LogP contribution in [0.15, 0.2) is 0 Å². The maximum atomic E-state index is 6.19. The predicted octanol–water partition coefficient (Wildman–Crippen LogP) is 9.14. The lowest BCUT2D eigenvalue weighted by atomic mass is 10.0. The van der Waals surface area contributed by atoms with Crippen molar-refractivity contribution in [2.24, 2.45) is 5.92 Å². The second kappa shape index (κ2) is 17.8. The van der Waals surface area contributed by atoms with Gasteiger partial charge < -0.3 is 9.16 Å². The van der Waals surface area contributed by atoms with Crippen molar-refractivity contribution in [3.63, 3.8) is 0 Å². The summed E-state index contributed by atoms with van der Waals surface area (Å²) in [6.45, 7) is 18.8. The Balaban J connectivity index is 3.19. The number of hydrogen-bond acceptors (Lipinski definition) is 2. The highest BCUT2D eigenvalue weighted by atomic mass is 28.4. The Morgan fingerprint density at radius 2 is 1.00 bits per heavy atom. The number of ether oxygens (including phenoxy) is 1. The molecule has 176 valence electrons. The Bertz CT molecular complexity index is 347. The van der Waals surface area contributed by atoms with Gasteiger partial charge in [0.2, 0.25) is 0 Å². The van der Waals surface area contributed by atoms with E-state index in [1.165, 1.54) is 83.5 Å². The Hall–Kier alpha value is 0.137. The molecule has 0 aromatic heterocycles. The van der Waals surface area contributed by atoms with Crippen molar-refractivity contribution in [1.29, 1.82) is 0 Å². The van der Waals surface area contributed by atoms with Gasteiger partial charge in [0.15, 0.2) is 8.32 Å². The lowest BCUT2D eigenvalue weighted by Gasteiger charge is -2.36. The van der Waals surface area contributed by atoms with E-state index in [2.05, 4.69) is 47.7 Å². The first-order chi connectivity index (χ1) is 13.7. The smallest absolute Gasteiger partial charge is 0.191 e. The zero-order valence-corrected chi connectivity index (χ0v) is 22.4. The highest BCUT2D eigenvalue weighted by molar-refractivity contribution is 6.74. The molecule has 29 heavy (non-hydrogen) atoms. The average Bonchev–Trinajstić information content (AvgIpc) is 2.62. The molecule has 0 spiro atoms. The highest BCUT2D eigenvalue weighted by Crippen LogP contribution is 2.36. The van der Waals surface area contributed by atoms with Gasteiger partial charge in [-0.15, -0.1) is 0 Å². The average molecular weight is 429 g/mol. The molecule has 0 N–H and O–H groups in total. The minimum absolute atomic E-state index is 0.307. The summed E-state index contributed by atoms with van der Waals surface area (Å²) in [4.78, 5) is 0. The molecule has 0 aromatic carbocycles. The van der Waals surface area contributed by atoms with Crippen LogP contribution in [0.5, 0.6) is 0 Å². The Morgan fingerprint density at radius 3 is 1.45 bits per heavy atom. The summed E-state index contributed by atoms with van der Waals surface area (Å²) in [6.07, 6.45) is 19.4. The van der Waals surface area contributed by atoms with Crippen molar-refractivity contribution in [2.75, 3.05) is 19.8 Å². The molecule has 3 heteroatoms. The molecule has 0 unspecified atom stereocenters. The molecule has 0 atom stereocenters. The first-order valence-electron chi connectivity index (χ1n) is 12.9. The fourth-order valence-electron chi connectivity index (χ4n) is 3.33. The molecular weight excluding hydrogens is 372 g/mol. The first-order valence-corrected chi connectivity index (χ1v) is 15.8. The van der Waals surface area contributed by atoms with Crippen LogP contribution in [0.4, 0.5) is 0 Å². The lowest BCUT2D eigenvalue weighted by molar-refractivity contribution is 0.114. The van der Waals surface area contributed by atoms with Gasteiger partial charge in [0.25, 0.3) is 0 Å². The molecule has 2 nitrogen and oxygen atoms in total. The molecule has 0 bridgehead atoms. The normalized spacial score (nSPS) is 12.8. The molecule has 0 aliphatic rings. The standard InChI is InChI=1S/C26H56O2Si/c1-25(2)21-18-16-14-12-10-8-9-11-13-15-17-19-22-27-23-20-24-28-29(6,7)26(3,4)5/h25H,8-24H2,1-7H3. The van der Waals surface area contributed by atoms with Crippen molar-refractivity contribution in [2.45, 2.75) is 143 Å². The Morgan fingerprint density at radius 1 is 0.586 bits per heavy atom. The SMILES string of the molecule is CC(C)CCCCCCCCCCCCCCOCCCO[Si](C)(C)C(C)(C)C. The lowest BCUT2D eigenvalue weighted by Crippen LogP contribution is -2.41. The van der Waals surface area contributed by atoms with Gasteiger partial charge in [0.05, 0.1) is 0 Å². The van der Waals surface area contributed by atoms with Gasteiger partial charge in [-0.05, 0) is 36.9 Å². The highest BCUT2D eigenvalue weighted by Gasteiger charge is 2.36. The fourth-order valence-corrected chi connectivity index (χ4v) is 4.42. The van der Waals surface area contributed by atoms with E-state index in [0.29, 0.717) is 5.04 Å². The molecule has 0 amide bonds. The number of hydrogen-bond donors (Lipinski definition) is 0. The summed E-state index contributed by atoms with van der Waals surface area (Å²) in [5.74, 6) is 0.883. The third-order valence-electron chi connectivity index (χ3n) is 6.52. The Labute approximate surface area is 186 Å². The summed E-state index contributed by atoms with van der Waals surface area (Å²) >= 11 is 0. The maximum Gasteiger partial charge on any atom is 0.191 e. The molecular formula is C26H56O2Si. The van der Waals surface area contributed by atoms with E-state index in [9.17, 15) is 0 Å². The van der Waals surface area contributed by atoms with E-state index in [-0.39, 0.29) is 0 Å². The van der Waals surface area contributed by atoms with Crippen molar-refractivity contribution < 1.29 is 9.16 Å². The summed E-state index contributed by atoms with van der Waals surface area (Å²) in [6, 6.07) is 0. The van der Waals surface area contributed by atoms with E-state index in [0.717, 1.165) is 32.2 Å². The molecule has 0 aliphatic heterocycles. The van der Waals surface area contributed by atoms with Crippen molar-refractivity contribution in [3.05, 3.63) is 0 Å². The molecule has 0 heterocycles. The van der Waals surface area contributed by atoms with Gasteiger partial charge in [-0.1, -0.05) is 112 Å². The minimum Gasteiger partial charge on any atom is -0.417 e. The second-order valence-electron chi connectivity index (χ2n) is 11.0. The van der Waals surface area contributed by atoms with E-state index < -0.39 is 8.32 Å². The van der Waals surface area contributed by atoms with E-state index in [1.54, 1.807) is 0 Å². The van der Waals surface area contributed by atoms with Crippen LogP contribution in [-0.4, -0.2) is 28.1 Å². The van der Waals surface area contributed by atoms with Gasteiger partial charge in [-0.25, -0.2) is 0 Å².